The Kier molecular flexibility index (Phi) is 6.22. The minimum absolute atomic E-state index is 0.415. The molecule has 1 unspecified atom stereocenters. The van der Waals surface area contributed by atoms with Gasteiger partial charge >= 0.3 is 11.9 Å². The molecule has 94 valence electrons. The molecule has 0 aliphatic rings. The van der Waals surface area contributed by atoms with Gasteiger partial charge in [-0.15, -0.1) is 0 Å². The Bertz CT molecular complexity index is 300. The molecule has 0 bridgehead atoms. The molecule has 0 rings (SSSR count). The monoisotopic (exact) mass is 316 g/mol. The van der Waals surface area contributed by atoms with Crippen LogP contribution in [0.15, 0.2) is 0 Å². The molecule has 0 aromatic carbocycles. The molecule has 0 heterocycles. The van der Waals surface area contributed by atoms with Crippen molar-refractivity contribution in [2.45, 2.75) is 25.6 Å². The molecule has 6 nitrogen and oxygen atoms in total. The number of halogens is 1. The molecular formula is C8H14BrO6P. The predicted octanol–water partition coefficient (Wildman–Crippen LogP) is 1.71. The van der Waals surface area contributed by atoms with Gasteiger partial charge < -0.3 is 14.0 Å². The van der Waals surface area contributed by atoms with Crippen molar-refractivity contribution in [3.8, 4) is 0 Å². The summed E-state index contributed by atoms with van der Waals surface area (Å²) >= 11 is 2.76. The maximum Gasteiger partial charge on any atom is 0.331 e. The maximum atomic E-state index is 12.0. The van der Waals surface area contributed by atoms with Crippen LogP contribution in [0.3, 0.4) is 0 Å². The van der Waals surface area contributed by atoms with E-state index < -0.39 is 29.8 Å². The Balaban J connectivity index is 5.10. The lowest BCUT2D eigenvalue weighted by Crippen LogP contribution is -2.32. The molecule has 0 aromatic heterocycles. The van der Waals surface area contributed by atoms with E-state index in [0.717, 1.165) is 14.2 Å². The number of carbonyl (C=O) groups is 2. The van der Waals surface area contributed by atoms with E-state index in [9.17, 15) is 14.2 Å². The summed E-state index contributed by atoms with van der Waals surface area (Å²) < 4.78 is 25.8. The highest BCUT2D eigenvalue weighted by atomic mass is 79.9. The van der Waals surface area contributed by atoms with Crippen molar-refractivity contribution >= 4 is 33.5 Å². The van der Waals surface area contributed by atoms with Crippen LogP contribution in [-0.4, -0.2) is 37.9 Å². The zero-order chi connectivity index (χ0) is 12.9. The molecule has 0 aromatic rings. The molecule has 0 aliphatic heterocycles. The van der Waals surface area contributed by atoms with Gasteiger partial charge in [0.2, 0.25) is 5.66 Å². The number of hydrogen-bond acceptors (Lipinski definition) is 6. The lowest BCUT2D eigenvalue weighted by Gasteiger charge is -2.20. The summed E-state index contributed by atoms with van der Waals surface area (Å²) in [6.45, 7) is 3.25. The molecule has 16 heavy (non-hydrogen) atoms. The van der Waals surface area contributed by atoms with Crippen molar-refractivity contribution in [1.29, 1.82) is 0 Å². The normalized spacial score (nSPS) is 14.7. The molecule has 8 heteroatoms. The van der Waals surface area contributed by atoms with Crippen molar-refractivity contribution < 1.29 is 28.2 Å². The first kappa shape index (κ1) is 15.6. The summed E-state index contributed by atoms with van der Waals surface area (Å²) in [6.07, 6.45) is -4.06. The second-order valence-corrected chi connectivity index (χ2v) is 7.86. The Hall–Kier alpha value is -0.390. The molecular weight excluding hydrogens is 303 g/mol. The number of carbonyl (C=O) groups excluding carboxylic acids is 2. The van der Waals surface area contributed by atoms with Gasteiger partial charge in [-0.2, -0.15) is 0 Å². The summed E-state index contributed by atoms with van der Waals surface area (Å²) in [5.74, 6) is -1.93. The molecule has 0 fully saturated rings. The highest BCUT2D eigenvalue weighted by molar-refractivity contribution is 9.40. The SMILES string of the molecule is COC(=O)C(C(=O)OC)P(=O)(Br)OC(C)C. The molecule has 0 spiro atoms. The van der Waals surface area contributed by atoms with Crippen LogP contribution < -0.4 is 0 Å². The van der Waals surface area contributed by atoms with Gasteiger partial charge in [0.1, 0.15) is 0 Å². The first-order valence-corrected chi connectivity index (χ1v) is 8.11. The third-order valence-corrected chi connectivity index (χ3v) is 4.99. The van der Waals surface area contributed by atoms with E-state index in [1.165, 1.54) is 0 Å². The number of hydrogen-bond donors (Lipinski definition) is 0. The van der Waals surface area contributed by atoms with Crippen molar-refractivity contribution in [2.24, 2.45) is 0 Å². The first-order valence-electron chi connectivity index (χ1n) is 4.39. The van der Waals surface area contributed by atoms with Crippen LogP contribution in [0.5, 0.6) is 0 Å². The lowest BCUT2D eigenvalue weighted by atomic mass is 10.4. The highest BCUT2D eigenvalue weighted by Gasteiger charge is 2.46. The minimum atomic E-state index is -3.64. The quantitative estimate of drug-likeness (QED) is 0.436. The number of ether oxygens (including phenoxy) is 2. The maximum absolute atomic E-state index is 12.0. The highest BCUT2D eigenvalue weighted by Crippen LogP contribution is 2.60. The van der Waals surface area contributed by atoms with Gasteiger partial charge in [-0.25, -0.2) is 0 Å². The average molecular weight is 317 g/mol. The van der Waals surface area contributed by atoms with Crippen LogP contribution >= 0.6 is 21.6 Å². The molecule has 0 amide bonds. The Labute approximate surface area is 102 Å². The zero-order valence-corrected chi connectivity index (χ0v) is 11.9. The van der Waals surface area contributed by atoms with Crippen LogP contribution in [0.1, 0.15) is 13.8 Å². The summed E-state index contributed by atoms with van der Waals surface area (Å²) in [5.41, 5.74) is -1.61. The standard InChI is InChI=1S/C8H14BrO6P/c1-5(2)15-16(9,12)6(7(10)13-3)8(11)14-4/h5-6H,1-4H3. The fourth-order valence-electron chi connectivity index (χ4n) is 0.920. The minimum Gasteiger partial charge on any atom is -0.468 e. The molecule has 0 saturated carbocycles. The van der Waals surface area contributed by atoms with E-state index in [1.807, 2.05) is 0 Å². The summed E-state index contributed by atoms with van der Waals surface area (Å²) in [5, 5.41) is 0. The van der Waals surface area contributed by atoms with Gasteiger partial charge in [-0.3, -0.25) is 14.2 Å². The van der Waals surface area contributed by atoms with Gasteiger partial charge in [0.15, 0.2) is 0 Å². The Morgan fingerprint density at radius 1 is 1.12 bits per heavy atom. The molecule has 0 radical (unpaired) electrons. The van der Waals surface area contributed by atoms with Crippen molar-refractivity contribution in [3.05, 3.63) is 0 Å². The summed E-state index contributed by atoms with van der Waals surface area (Å²) in [7, 11) is 2.17. The third kappa shape index (κ3) is 4.23. The number of methoxy groups -OCH3 is 2. The Morgan fingerprint density at radius 2 is 1.50 bits per heavy atom. The van der Waals surface area contributed by atoms with Gasteiger partial charge in [0, 0.05) is 15.5 Å². The van der Waals surface area contributed by atoms with Crippen molar-refractivity contribution in [3.63, 3.8) is 0 Å². The van der Waals surface area contributed by atoms with Crippen LogP contribution in [0, 0.1) is 0 Å². The smallest absolute Gasteiger partial charge is 0.331 e. The first-order chi connectivity index (χ1) is 7.26. The fraction of sp³-hybridized carbons (Fsp3) is 0.750. The molecule has 0 N–H and O–H groups in total. The topological polar surface area (TPSA) is 78.9 Å². The fourth-order valence-corrected chi connectivity index (χ4v) is 4.34. The van der Waals surface area contributed by atoms with Crippen LogP contribution in [0.25, 0.3) is 0 Å². The second kappa shape index (κ2) is 6.37. The van der Waals surface area contributed by atoms with E-state index in [0.29, 0.717) is 0 Å². The lowest BCUT2D eigenvalue weighted by molar-refractivity contribution is -0.150. The number of esters is 2. The van der Waals surface area contributed by atoms with E-state index in [1.54, 1.807) is 13.8 Å². The van der Waals surface area contributed by atoms with Crippen molar-refractivity contribution in [1.82, 2.24) is 0 Å². The van der Waals surface area contributed by atoms with Crippen LogP contribution in [0.4, 0.5) is 0 Å². The van der Waals surface area contributed by atoms with Crippen molar-refractivity contribution in [2.75, 3.05) is 14.2 Å². The number of rotatable bonds is 5. The molecule has 0 aliphatic carbocycles. The third-order valence-electron chi connectivity index (χ3n) is 1.51. The summed E-state index contributed by atoms with van der Waals surface area (Å²) in [4.78, 5) is 22.7. The van der Waals surface area contributed by atoms with Crippen LogP contribution in [-0.2, 0) is 28.2 Å². The van der Waals surface area contributed by atoms with Gasteiger partial charge in [0.05, 0.1) is 20.3 Å². The second-order valence-electron chi connectivity index (χ2n) is 3.12. The van der Waals surface area contributed by atoms with Gasteiger partial charge in [0.25, 0.3) is 6.07 Å². The predicted molar refractivity (Wildman–Crippen MR) is 60.6 cm³/mol. The van der Waals surface area contributed by atoms with E-state index >= 15 is 0 Å². The van der Waals surface area contributed by atoms with E-state index in [-0.39, 0.29) is 0 Å². The summed E-state index contributed by atoms with van der Waals surface area (Å²) in [6, 6.07) is 0. The van der Waals surface area contributed by atoms with E-state index in [2.05, 4.69) is 25.0 Å². The Morgan fingerprint density at radius 3 is 1.75 bits per heavy atom. The molecule has 0 saturated heterocycles. The van der Waals surface area contributed by atoms with Crippen LogP contribution in [0.2, 0.25) is 0 Å². The van der Waals surface area contributed by atoms with Gasteiger partial charge in [-0.05, 0) is 13.8 Å². The zero-order valence-electron chi connectivity index (χ0n) is 9.43. The molecule has 1 atom stereocenters. The van der Waals surface area contributed by atoms with Gasteiger partial charge in [-0.1, -0.05) is 0 Å². The van der Waals surface area contributed by atoms with E-state index in [4.69, 9.17) is 4.52 Å². The largest absolute Gasteiger partial charge is 0.468 e. The average Bonchev–Trinajstić information content (AvgIpc) is 2.14.